The number of aliphatic carboxylic acids is 1. The molecule has 0 fully saturated rings. The van der Waals surface area contributed by atoms with Crippen LogP contribution in [-0.4, -0.2) is 40.0 Å². The number of aliphatic hydroxyl groups is 1. The summed E-state index contributed by atoms with van der Waals surface area (Å²) in [6, 6.07) is 4.10. The van der Waals surface area contributed by atoms with E-state index in [1.54, 1.807) is 0 Å². The monoisotopic (exact) mass is 305 g/mol. The van der Waals surface area contributed by atoms with Crippen LogP contribution in [0.15, 0.2) is 29.2 Å². The highest BCUT2D eigenvalue weighted by molar-refractivity contribution is 7.99. The van der Waals surface area contributed by atoms with E-state index in [9.17, 15) is 23.5 Å². The highest BCUT2D eigenvalue weighted by Gasteiger charge is 2.26. The van der Waals surface area contributed by atoms with E-state index in [-0.39, 0.29) is 22.2 Å². The number of nitrogens with one attached hydrogen (secondary N) is 1. The topological polar surface area (TPSA) is 86.6 Å². The molecule has 0 bridgehead atoms. The van der Waals surface area contributed by atoms with Gasteiger partial charge in [0.05, 0.1) is 11.7 Å². The van der Waals surface area contributed by atoms with Crippen molar-refractivity contribution in [2.75, 3.05) is 0 Å². The van der Waals surface area contributed by atoms with Gasteiger partial charge in [-0.2, -0.15) is 8.78 Å². The molecule has 1 rings (SSSR count). The summed E-state index contributed by atoms with van der Waals surface area (Å²) in [6.07, 6.45) is -1.31. The van der Waals surface area contributed by atoms with Gasteiger partial charge in [-0.05, 0) is 19.1 Å². The molecule has 0 heterocycles. The molecule has 20 heavy (non-hydrogen) atoms. The third-order valence-electron chi connectivity index (χ3n) is 2.38. The molecule has 0 aromatic heterocycles. The fourth-order valence-electron chi connectivity index (χ4n) is 1.46. The maximum atomic E-state index is 12.4. The number of hydrogen-bond donors (Lipinski definition) is 3. The summed E-state index contributed by atoms with van der Waals surface area (Å²) in [5.74, 6) is -4.94. The zero-order valence-electron chi connectivity index (χ0n) is 10.4. The number of aliphatic hydroxyl groups excluding tert-OH is 1. The van der Waals surface area contributed by atoms with Gasteiger partial charge >= 0.3 is 5.97 Å². The average molecular weight is 305 g/mol. The Kier molecular flexibility index (Phi) is 5.90. The Morgan fingerprint density at radius 3 is 2.40 bits per heavy atom. The smallest absolute Gasteiger partial charge is 0.328 e. The Morgan fingerprint density at radius 1 is 1.30 bits per heavy atom. The van der Waals surface area contributed by atoms with Crippen LogP contribution < -0.4 is 5.32 Å². The number of thioether (sulfide) groups is 1. The fourth-order valence-corrected chi connectivity index (χ4v) is 2.10. The van der Waals surface area contributed by atoms with Gasteiger partial charge in [-0.1, -0.05) is 23.9 Å². The molecular formula is C12H13F2NO4S. The summed E-state index contributed by atoms with van der Waals surface area (Å²) in [7, 11) is 0. The molecular weight excluding hydrogens is 292 g/mol. The molecule has 1 aromatic rings. The largest absolute Gasteiger partial charge is 0.480 e. The highest BCUT2D eigenvalue weighted by atomic mass is 32.2. The minimum Gasteiger partial charge on any atom is -0.480 e. The number of carbonyl (C=O) groups excluding carboxylic acids is 1. The molecule has 3 N–H and O–H groups in total. The summed E-state index contributed by atoms with van der Waals surface area (Å²) < 4.78 is 24.8. The van der Waals surface area contributed by atoms with E-state index >= 15 is 0 Å². The molecule has 110 valence electrons. The van der Waals surface area contributed by atoms with Gasteiger partial charge in [0.15, 0.2) is 6.04 Å². The molecule has 0 aliphatic heterocycles. The van der Waals surface area contributed by atoms with E-state index in [1.807, 2.05) is 0 Å². The first-order valence-electron chi connectivity index (χ1n) is 5.58. The van der Waals surface area contributed by atoms with Crippen LogP contribution in [0.2, 0.25) is 0 Å². The van der Waals surface area contributed by atoms with Gasteiger partial charge in [-0.25, -0.2) is 4.79 Å². The number of amides is 1. The van der Waals surface area contributed by atoms with Crippen LogP contribution in [0.3, 0.4) is 0 Å². The Morgan fingerprint density at radius 2 is 1.90 bits per heavy atom. The highest BCUT2D eigenvalue weighted by Crippen LogP contribution is 2.28. The maximum Gasteiger partial charge on any atom is 0.328 e. The number of halogens is 2. The van der Waals surface area contributed by atoms with Gasteiger partial charge in [0.2, 0.25) is 0 Å². The van der Waals surface area contributed by atoms with Crippen LogP contribution in [0.25, 0.3) is 0 Å². The third kappa shape index (κ3) is 4.46. The first kappa shape index (κ1) is 16.4. The molecule has 5 nitrogen and oxygen atoms in total. The number of alkyl halides is 2. The van der Waals surface area contributed by atoms with E-state index < -0.39 is 29.8 Å². The number of carboxylic acid groups (broad SMARTS) is 1. The number of carbonyl (C=O) groups is 2. The van der Waals surface area contributed by atoms with Crippen LogP contribution in [0.1, 0.15) is 17.3 Å². The average Bonchev–Trinajstić information content (AvgIpc) is 2.34. The van der Waals surface area contributed by atoms with Gasteiger partial charge in [0.25, 0.3) is 11.7 Å². The van der Waals surface area contributed by atoms with Crippen molar-refractivity contribution < 1.29 is 28.6 Å². The van der Waals surface area contributed by atoms with E-state index in [1.165, 1.54) is 31.2 Å². The molecule has 0 spiro atoms. The Hall–Kier alpha value is -1.67. The van der Waals surface area contributed by atoms with Crippen LogP contribution >= 0.6 is 11.8 Å². The minimum atomic E-state index is -2.70. The van der Waals surface area contributed by atoms with E-state index in [0.717, 1.165) is 0 Å². The van der Waals surface area contributed by atoms with Crippen LogP contribution in [0.5, 0.6) is 0 Å². The third-order valence-corrected chi connectivity index (χ3v) is 3.17. The van der Waals surface area contributed by atoms with Gasteiger partial charge < -0.3 is 15.5 Å². The molecule has 1 aromatic carbocycles. The minimum absolute atomic E-state index is 0.0368. The number of hydrogen-bond acceptors (Lipinski definition) is 4. The lowest BCUT2D eigenvalue weighted by atomic mass is 10.1. The van der Waals surface area contributed by atoms with Crippen LogP contribution in [0.4, 0.5) is 8.78 Å². The van der Waals surface area contributed by atoms with Gasteiger partial charge in [-0.3, -0.25) is 4.79 Å². The second kappa shape index (κ2) is 7.20. The number of rotatable bonds is 6. The molecule has 0 saturated carbocycles. The summed E-state index contributed by atoms with van der Waals surface area (Å²) in [6.45, 7) is 1.21. The van der Waals surface area contributed by atoms with Crippen molar-refractivity contribution in [2.24, 2.45) is 0 Å². The summed E-state index contributed by atoms with van der Waals surface area (Å²) in [5, 5.41) is 20.2. The quantitative estimate of drug-likeness (QED) is 0.694. The Bertz CT molecular complexity index is 496. The maximum absolute atomic E-state index is 12.4. The summed E-state index contributed by atoms with van der Waals surface area (Å²) >= 11 is 0.193. The zero-order chi connectivity index (χ0) is 15.3. The standard InChI is InChI=1S/C12H13F2NO4S/c1-6(16)9(11(18)19)15-10(17)7-4-2-3-5-8(7)20-12(13)14/h2-6,9,12,16H,1H3,(H,15,17)(H,18,19). The molecule has 0 aliphatic carbocycles. The fraction of sp³-hybridized carbons (Fsp3) is 0.333. The van der Waals surface area contributed by atoms with Crippen LogP contribution in [0, 0.1) is 0 Å². The van der Waals surface area contributed by atoms with Crippen molar-refractivity contribution >= 4 is 23.6 Å². The van der Waals surface area contributed by atoms with Crippen molar-refractivity contribution in [3.05, 3.63) is 29.8 Å². The van der Waals surface area contributed by atoms with Gasteiger partial charge in [-0.15, -0.1) is 0 Å². The van der Waals surface area contributed by atoms with E-state index in [0.29, 0.717) is 0 Å². The normalized spacial score (nSPS) is 13.8. The second-order valence-corrected chi connectivity index (χ2v) is 4.94. The summed E-state index contributed by atoms with van der Waals surface area (Å²) in [5.41, 5.74) is -0.0651. The second-order valence-electron chi connectivity index (χ2n) is 3.90. The van der Waals surface area contributed by atoms with E-state index in [4.69, 9.17) is 5.11 Å². The lowest BCUT2D eigenvalue weighted by Crippen LogP contribution is -2.47. The lowest BCUT2D eigenvalue weighted by Gasteiger charge is -2.18. The molecule has 1 amide bonds. The predicted octanol–water partition coefficient (Wildman–Crippen LogP) is 1.57. The van der Waals surface area contributed by atoms with Gasteiger partial charge in [0, 0.05) is 4.90 Å². The van der Waals surface area contributed by atoms with E-state index in [2.05, 4.69) is 5.32 Å². The molecule has 8 heteroatoms. The molecule has 2 atom stereocenters. The molecule has 0 aliphatic rings. The lowest BCUT2D eigenvalue weighted by molar-refractivity contribution is -0.141. The van der Waals surface area contributed by atoms with Crippen molar-refractivity contribution in [3.63, 3.8) is 0 Å². The Labute approximate surface area is 118 Å². The van der Waals surface area contributed by atoms with Crippen molar-refractivity contribution in [1.29, 1.82) is 0 Å². The summed E-state index contributed by atoms with van der Waals surface area (Å²) in [4.78, 5) is 22.8. The first-order chi connectivity index (χ1) is 9.32. The van der Waals surface area contributed by atoms with Gasteiger partial charge in [0.1, 0.15) is 0 Å². The van der Waals surface area contributed by atoms with Crippen LogP contribution in [-0.2, 0) is 4.79 Å². The molecule has 0 radical (unpaired) electrons. The van der Waals surface area contributed by atoms with Crippen molar-refractivity contribution in [2.45, 2.75) is 29.7 Å². The van der Waals surface area contributed by atoms with Crippen molar-refractivity contribution in [1.82, 2.24) is 5.32 Å². The molecule has 0 saturated heterocycles. The first-order valence-corrected chi connectivity index (χ1v) is 6.46. The zero-order valence-corrected chi connectivity index (χ0v) is 11.2. The predicted molar refractivity (Wildman–Crippen MR) is 68.9 cm³/mol. The number of benzene rings is 1. The molecule has 2 unspecified atom stereocenters. The number of carboxylic acids is 1. The van der Waals surface area contributed by atoms with Crippen molar-refractivity contribution in [3.8, 4) is 0 Å². The SMILES string of the molecule is CC(O)C(NC(=O)c1ccccc1SC(F)F)C(=O)O. The Balaban J connectivity index is 2.94.